The van der Waals surface area contributed by atoms with Crippen molar-refractivity contribution in [2.24, 2.45) is 0 Å². The van der Waals surface area contributed by atoms with E-state index in [9.17, 15) is 4.79 Å². The number of fused-ring (bicyclic) bond motifs is 2. The summed E-state index contributed by atoms with van der Waals surface area (Å²) < 4.78 is 0. The number of hydrogen-bond donors (Lipinski definition) is 3. The van der Waals surface area contributed by atoms with Gasteiger partial charge in [-0.25, -0.2) is 0 Å². The second kappa shape index (κ2) is 6.73. The quantitative estimate of drug-likeness (QED) is 0.775. The second-order valence-corrected chi connectivity index (χ2v) is 7.53. The molecule has 2 fully saturated rings. The van der Waals surface area contributed by atoms with Gasteiger partial charge in [0, 0.05) is 30.2 Å². The summed E-state index contributed by atoms with van der Waals surface area (Å²) in [5, 5.41) is 10.1. The maximum Gasteiger partial charge on any atom is 0.239 e. The summed E-state index contributed by atoms with van der Waals surface area (Å²) in [6.07, 6.45) is 4.50. The smallest absolute Gasteiger partial charge is 0.239 e. The summed E-state index contributed by atoms with van der Waals surface area (Å²) in [5.41, 5.74) is 2.86. The third-order valence-electron chi connectivity index (χ3n) is 5.82. The first-order valence-electron chi connectivity index (χ1n) is 9.32. The van der Waals surface area contributed by atoms with Crippen LogP contribution in [0.1, 0.15) is 31.2 Å². The molecular formula is C19H28N4O. The van der Waals surface area contributed by atoms with Gasteiger partial charge in [-0.15, -0.1) is 0 Å². The lowest BCUT2D eigenvalue weighted by atomic mass is 9.76. The monoisotopic (exact) mass is 328 g/mol. The van der Waals surface area contributed by atoms with Gasteiger partial charge in [-0.05, 0) is 56.9 Å². The fourth-order valence-electron chi connectivity index (χ4n) is 4.62. The van der Waals surface area contributed by atoms with Crippen LogP contribution < -0.4 is 20.9 Å². The molecule has 3 aliphatic rings. The molecule has 2 saturated heterocycles. The van der Waals surface area contributed by atoms with E-state index in [4.69, 9.17) is 0 Å². The lowest BCUT2D eigenvalue weighted by molar-refractivity contribution is -0.120. The Bertz CT molecular complexity index is 591. The molecule has 1 aromatic carbocycles. The van der Waals surface area contributed by atoms with Crippen LogP contribution in [0.2, 0.25) is 0 Å². The van der Waals surface area contributed by atoms with Crippen molar-refractivity contribution >= 4 is 11.6 Å². The van der Waals surface area contributed by atoms with E-state index in [1.807, 2.05) is 0 Å². The number of piperidine rings is 2. The molecule has 0 aliphatic carbocycles. The number of amides is 1. The number of nitrogens with one attached hydrogen (secondary N) is 3. The average molecular weight is 328 g/mol. The van der Waals surface area contributed by atoms with Gasteiger partial charge in [0.05, 0.1) is 6.54 Å². The number of carbonyl (C=O) groups is 1. The molecule has 0 bridgehead atoms. The normalized spacial score (nSPS) is 27.2. The average Bonchev–Trinajstić information content (AvgIpc) is 2.90. The van der Waals surface area contributed by atoms with Crippen LogP contribution in [0.5, 0.6) is 0 Å². The second-order valence-electron chi connectivity index (χ2n) is 7.53. The molecule has 1 aromatic rings. The zero-order valence-electron chi connectivity index (χ0n) is 14.3. The Labute approximate surface area is 144 Å². The summed E-state index contributed by atoms with van der Waals surface area (Å²) in [6, 6.07) is 8.99. The van der Waals surface area contributed by atoms with E-state index in [-0.39, 0.29) is 11.3 Å². The predicted octanol–water partition coefficient (Wildman–Crippen LogP) is 0.996. The van der Waals surface area contributed by atoms with Crippen LogP contribution in [0.25, 0.3) is 0 Å². The van der Waals surface area contributed by atoms with Crippen LogP contribution >= 0.6 is 0 Å². The molecular weight excluding hydrogens is 300 g/mol. The Kier molecular flexibility index (Phi) is 4.46. The molecule has 130 valence electrons. The minimum atomic E-state index is 0.164. The van der Waals surface area contributed by atoms with Gasteiger partial charge in [-0.2, -0.15) is 0 Å². The summed E-state index contributed by atoms with van der Waals surface area (Å²) >= 11 is 0. The minimum Gasteiger partial charge on any atom is -0.361 e. The molecule has 1 spiro atoms. The van der Waals surface area contributed by atoms with Gasteiger partial charge in [0.2, 0.25) is 5.91 Å². The summed E-state index contributed by atoms with van der Waals surface area (Å²) in [7, 11) is 0. The maximum absolute atomic E-state index is 12.6. The van der Waals surface area contributed by atoms with E-state index in [1.54, 1.807) is 0 Å². The van der Waals surface area contributed by atoms with Crippen LogP contribution in [0.15, 0.2) is 24.3 Å². The lowest BCUT2D eigenvalue weighted by Gasteiger charge is -2.35. The molecule has 3 aliphatic heterocycles. The van der Waals surface area contributed by atoms with Crippen molar-refractivity contribution in [3.63, 3.8) is 0 Å². The van der Waals surface area contributed by atoms with Gasteiger partial charge >= 0.3 is 0 Å². The van der Waals surface area contributed by atoms with E-state index in [1.165, 1.54) is 24.1 Å². The van der Waals surface area contributed by atoms with Gasteiger partial charge in [0.1, 0.15) is 0 Å². The highest BCUT2D eigenvalue weighted by Gasteiger charge is 2.43. The lowest BCUT2D eigenvalue weighted by Crippen LogP contribution is -2.49. The van der Waals surface area contributed by atoms with Crippen LogP contribution in [-0.2, 0) is 10.2 Å². The van der Waals surface area contributed by atoms with Crippen LogP contribution in [0.3, 0.4) is 0 Å². The van der Waals surface area contributed by atoms with Crippen molar-refractivity contribution < 1.29 is 4.79 Å². The molecule has 1 amide bonds. The van der Waals surface area contributed by atoms with Crippen molar-refractivity contribution in [2.75, 3.05) is 44.2 Å². The van der Waals surface area contributed by atoms with E-state index < -0.39 is 0 Å². The highest BCUT2D eigenvalue weighted by atomic mass is 16.2. The first kappa shape index (κ1) is 15.9. The fourth-order valence-corrected chi connectivity index (χ4v) is 4.62. The van der Waals surface area contributed by atoms with Gasteiger partial charge in [0.15, 0.2) is 0 Å². The topological polar surface area (TPSA) is 56.4 Å². The Morgan fingerprint density at radius 1 is 1.21 bits per heavy atom. The fraction of sp³-hybridized carbons (Fsp3) is 0.632. The molecule has 0 saturated carbocycles. The van der Waals surface area contributed by atoms with Gasteiger partial charge < -0.3 is 20.9 Å². The number of hydrogen-bond acceptors (Lipinski definition) is 4. The van der Waals surface area contributed by atoms with Gasteiger partial charge in [-0.3, -0.25) is 4.79 Å². The van der Waals surface area contributed by atoms with E-state index in [0.29, 0.717) is 12.6 Å². The van der Waals surface area contributed by atoms with E-state index in [2.05, 4.69) is 45.1 Å². The Balaban J connectivity index is 1.46. The molecule has 24 heavy (non-hydrogen) atoms. The Morgan fingerprint density at radius 2 is 2.04 bits per heavy atom. The molecule has 0 aromatic heterocycles. The Morgan fingerprint density at radius 3 is 2.83 bits per heavy atom. The molecule has 3 N–H and O–H groups in total. The van der Waals surface area contributed by atoms with Crippen molar-refractivity contribution in [3.05, 3.63) is 29.8 Å². The number of benzene rings is 1. The summed E-state index contributed by atoms with van der Waals surface area (Å²) in [6.45, 7) is 5.58. The van der Waals surface area contributed by atoms with E-state index >= 15 is 0 Å². The predicted molar refractivity (Wildman–Crippen MR) is 96.5 cm³/mol. The number of para-hydroxylation sites is 1. The largest absolute Gasteiger partial charge is 0.361 e. The van der Waals surface area contributed by atoms with Gasteiger partial charge in [0.25, 0.3) is 0 Å². The highest BCUT2D eigenvalue weighted by molar-refractivity contribution is 5.83. The molecule has 3 heterocycles. The molecule has 5 heteroatoms. The third-order valence-corrected chi connectivity index (χ3v) is 5.82. The number of anilines is 1. The standard InChI is InChI=1S/C19H28N4O/c24-18(22-15-6-10-20-11-7-15)12-23-14-19(8-3-9-21-13-19)16-4-1-2-5-17(16)23/h1-2,4-5,15,20-21H,3,6-14H2,(H,22,24). The summed E-state index contributed by atoms with van der Waals surface area (Å²) in [5.74, 6) is 0.164. The van der Waals surface area contributed by atoms with Crippen molar-refractivity contribution in [1.29, 1.82) is 0 Å². The minimum absolute atomic E-state index is 0.164. The van der Waals surface area contributed by atoms with Gasteiger partial charge in [-0.1, -0.05) is 18.2 Å². The zero-order chi connectivity index (χ0) is 16.4. The van der Waals surface area contributed by atoms with Crippen LogP contribution in [0.4, 0.5) is 5.69 Å². The SMILES string of the molecule is O=C(CN1CC2(CCCNC2)c2ccccc21)NC1CCNCC1. The number of carbonyl (C=O) groups excluding carboxylic acids is 1. The van der Waals surface area contributed by atoms with E-state index in [0.717, 1.165) is 45.6 Å². The third kappa shape index (κ3) is 3.03. The van der Waals surface area contributed by atoms with Crippen molar-refractivity contribution in [2.45, 2.75) is 37.1 Å². The maximum atomic E-state index is 12.6. The van der Waals surface area contributed by atoms with Crippen LogP contribution in [-0.4, -0.2) is 51.2 Å². The Hall–Kier alpha value is -1.59. The highest BCUT2D eigenvalue weighted by Crippen LogP contribution is 2.44. The first-order chi connectivity index (χ1) is 11.8. The zero-order valence-corrected chi connectivity index (χ0v) is 14.3. The first-order valence-corrected chi connectivity index (χ1v) is 9.32. The molecule has 1 atom stereocenters. The molecule has 0 radical (unpaired) electrons. The van der Waals surface area contributed by atoms with Crippen molar-refractivity contribution in [1.82, 2.24) is 16.0 Å². The van der Waals surface area contributed by atoms with Crippen LogP contribution in [0, 0.1) is 0 Å². The molecule has 4 rings (SSSR count). The number of rotatable bonds is 3. The van der Waals surface area contributed by atoms with Crippen molar-refractivity contribution in [3.8, 4) is 0 Å². The summed E-state index contributed by atoms with van der Waals surface area (Å²) in [4.78, 5) is 14.8. The molecule has 5 nitrogen and oxygen atoms in total. The number of nitrogens with zero attached hydrogens (tertiary/aromatic N) is 1. The molecule has 1 unspecified atom stereocenters.